The minimum Gasteiger partial charge on any atom is -0.347 e. The van der Waals surface area contributed by atoms with Crippen LogP contribution in [0, 0.1) is 6.92 Å². The number of nitrogens with zero attached hydrogens (tertiary/aromatic N) is 2. The van der Waals surface area contributed by atoms with Crippen molar-refractivity contribution in [1.82, 2.24) is 4.90 Å². The summed E-state index contributed by atoms with van der Waals surface area (Å²) in [5.41, 5.74) is 4.89. The summed E-state index contributed by atoms with van der Waals surface area (Å²) >= 11 is 6.54. The van der Waals surface area contributed by atoms with E-state index < -0.39 is 0 Å². The van der Waals surface area contributed by atoms with E-state index in [1.54, 1.807) is 7.05 Å². The van der Waals surface area contributed by atoms with Gasteiger partial charge < -0.3 is 4.90 Å². The van der Waals surface area contributed by atoms with E-state index in [-0.39, 0.29) is 11.3 Å². The number of benzene rings is 1. The average molecular weight is 345 g/mol. The first kappa shape index (κ1) is 16.3. The van der Waals surface area contributed by atoms with Gasteiger partial charge in [-0.1, -0.05) is 50.0 Å². The lowest BCUT2D eigenvalue weighted by Gasteiger charge is -2.23. The van der Waals surface area contributed by atoms with Gasteiger partial charge in [0.25, 0.3) is 5.91 Å². The van der Waals surface area contributed by atoms with Crippen molar-refractivity contribution < 1.29 is 4.79 Å². The van der Waals surface area contributed by atoms with Gasteiger partial charge in [-0.3, -0.25) is 9.69 Å². The molecular formula is C18H20N2OS2. The maximum absolute atomic E-state index is 12.1. The number of anilines is 1. The van der Waals surface area contributed by atoms with E-state index in [9.17, 15) is 4.79 Å². The lowest BCUT2D eigenvalue weighted by atomic mass is 9.83. The second-order valence-electron chi connectivity index (χ2n) is 6.52. The molecule has 3 rings (SSSR count). The number of hydrogen-bond donors (Lipinski definition) is 0. The normalized spacial score (nSPS) is 23.3. The molecule has 1 aromatic rings. The first-order valence-corrected chi connectivity index (χ1v) is 8.73. The Balaban J connectivity index is 2.01. The van der Waals surface area contributed by atoms with Gasteiger partial charge in [0.15, 0.2) is 0 Å². The van der Waals surface area contributed by atoms with E-state index in [0.717, 1.165) is 0 Å². The summed E-state index contributed by atoms with van der Waals surface area (Å²) in [6, 6.07) is 6.57. The van der Waals surface area contributed by atoms with Crippen molar-refractivity contribution in [2.75, 3.05) is 19.0 Å². The summed E-state index contributed by atoms with van der Waals surface area (Å²) in [7, 11) is 3.80. The van der Waals surface area contributed by atoms with Crippen LogP contribution < -0.4 is 4.90 Å². The maximum Gasteiger partial charge on any atom is 0.265 e. The molecule has 0 aromatic heterocycles. The standard InChI is InChI=1S/C18H20N2OS2/c1-11-6-7-12-13(10-11)19(4)15(18(12,2)3)9-8-14-16(21)20(5)17(22)23-14/h6-10H,1-5H3. The molecule has 0 saturated carbocycles. The zero-order chi connectivity index (χ0) is 16.9. The highest BCUT2D eigenvalue weighted by atomic mass is 32.2. The van der Waals surface area contributed by atoms with E-state index in [0.29, 0.717) is 9.23 Å². The Morgan fingerprint density at radius 1 is 1.17 bits per heavy atom. The SMILES string of the molecule is Cc1ccc2c(c1)N(C)C(=CC=C1SC(=S)N(C)C1=O)C2(C)C. The summed E-state index contributed by atoms with van der Waals surface area (Å²) in [6.07, 6.45) is 3.95. The van der Waals surface area contributed by atoms with Crippen molar-refractivity contribution in [3.8, 4) is 0 Å². The number of thiocarbonyl (C=S) groups is 1. The van der Waals surface area contributed by atoms with E-state index in [1.807, 2.05) is 6.08 Å². The van der Waals surface area contributed by atoms with Crippen LogP contribution in [-0.2, 0) is 10.2 Å². The van der Waals surface area contributed by atoms with Gasteiger partial charge >= 0.3 is 0 Å². The smallest absolute Gasteiger partial charge is 0.265 e. The minimum atomic E-state index is -0.0897. The number of fused-ring (bicyclic) bond motifs is 1. The summed E-state index contributed by atoms with van der Waals surface area (Å²) in [5.74, 6) is -0.0244. The number of carbonyl (C=O) groups is 1. The summed E-state index contributed by atoms with van der Waals surface area (Å²) in [4.78, 5) is 16.5. The molecule has 0 atom stereocenters. The van der Waals surface area contributed by atoms with Crippen LogP contribution in [0.3, 0.4) is 0 Å². The van der Waals surface area contributed by atoms with Crippen LogP contribution in [0.25, 0.3) is 0 Å². The molecule has 0 bridgehead atoms. The molecule has 2 aliphatic rings. The van der Waals surface area contributed by atoms with Gasteiger partial charge in [-0.2, -0.15) is 0 Å². The van der Waals surface area contributed by atoms with Crippen molar-refractivity contribution in [3.63, 3.8) is 0 Å². The number of allylic oxidation sites excluding steroid dienone is 3. The number of carbonyl (C=O) groups excluding carboxylic acids is 1. The number of likely N-dealkylation sites (N-methyl/N-ethyl adjacent to an activating group) is 2. The monoisotopic (exact) mass is 344 g/mol. The quantitative estimate of drug-likeness (QED) is 0.568. The molecule has 0 N–H and O–H groups in total. The van der Waals surface area contributed by atoms with Gasteiger partial charge in [0, 0.05) is 30.9 Å². The number of hydrogen-bond acceptors (Lipinski definition) is 4. The van der Waals surface area contributed by atoms with Gasteiger partial charge in [-0.25, -0.2) is 0 Å². The highest BCUT2D eigenvalue weighted by Crippen LogP contribution is 2.47. The molecule has 23 heavy (non-hydrogen) atoms. The van der Waals surface area contributed by atoms with Crippen LogP contribution in [-0.4, -0.2) is 29.2 Å². The second-order valence-corrected chi connectivity index (χ2v) is 8.20. The topological polar surface area (TPSA) is 23.6 Å². The molecule has 0 aliphatic carbocycles. The van der Waals surface area contributed by atoms with Crippen molar-refractivity contribution >= 4 is 39.9 Å². The first-order valence-electron chi connectivity index (χ1n) is 7.50. The Kier molecular flexibility index (Phi) is 3.89. The van der Waals surface area contributed by atoms with Crippen molar-refractivity contribution in [2.24, 2.45) is 0 Å². The minimum absolute atomic E-state index is 0.0244. The van der Waals surface area contributed by atoms with E-state index >= 15 is 0 Å². The van der Waals surface area contributed by atoms with Gasteiger partial charge in [-0.15, -0.1) is 0 Å². The highest BCUT2D eigenvalue weighted by molar-refractivity contribution is 8.26. The summed E-state index contributed by atoms with van der Waals surface area (Å²) in [5, 5.41) is 0. The predicted octanol–water partition coefficient (Wildman–Crippen LogP) is 3.98. The third-order valence-electron chi connectivity index (χ3n) is 4.57. The van der Waals surface area contributed by atoms with Crippen LogP contribution in [0.1, 0.15) is 25.0 Å². The van der Waals surface area contributed by atoms with Gasteiger partial charge in [0.2, 0.25) is 0 Å². The zero-order valence-electron chi connectivity index (χ0n) is 14.0. The van der Waals surface area contributed by atoms with Gasteiger partial charge in [0.05, 0.1) is 4.91 Å². The average Bonchev–Trinajstić information content (AvgIpc) is 2.83. The second kappa shape index (κ2) is 5.49. The number of rotatable bonds is 1. The largest absolute Gasteiger partial charge is 0.347 e. The first-order chi connectivity index (χ1) is 10.7. The van der Waals surface area contributed by atoms with Crippen molar-refractivity contribution in [2.45, 2.75) is 26.2 Å². The third-order valence-corrected chi connectivity index (χ3v) is 6.07. The van der Waals surface area contributed by atoms with Crippen LogP contribution in [0.2, 0.25) is 0 Å². The molecule has 1 amide bonds. The molecule has 2 aliphatic heterocycles. The molecule has 5 heteroatoms. The van der Waals surface area contributed by atoms with Crippen LogP contribution in [0.15, 0.2) is 41.0 Å². The highest BCUT2D eigenvalue weighted by Gasteiger charge is 2.38. The van der Waals surface area contributed by atoms with Crippen LogP contribution in [0.5, 0.6) is 0 Å². The Labute approximate surface area is 147 Å². The molecule has 1 saturated heterocycles. The lowest BCUT2D eigenvalue weighted by molar-refractivity contribution is -0.121. The maximum atomic E-state index is 12.1. The fourth-order valence-electron chi connectivity index (χ4n) is 3.17. The zero-order valence-corrected chi connectivity index (χ0v) is 15.6. The fraction of sp³-hybridized carbons (Fsp3) is 0.333. The molecule has 0 unspecified atom stereocenters. The van der Waals surface area contributed by atoms with Crippen LogP contribution >= 0.6 is 24.0 Å². The van der Waals surface area contributed by atoms with Crippen molar-refractivity contribution in [3.05, 3.63) is 52.1 Å². The van der Waals surface area contributed by atoms with Gasteiger partial charge in [-0.05, 0) is 36.3 Å². The molecule has 3 nitrogen and oxygen atoms in total. The van der Waals surface area contributed by atoms with E-state index in [4.69, 9.17) is 12.2 Å². The molecule has 1 fully saturated rings. The molecule has 120 valence electrons. The Hall–Kier alpha value is -1.59. The molecule has 0 radical (unpaired) electrons. The molecular weight excluding hydrogens is 324 g/mol. The third kappa shape index (κ3) is 2.52. The summed E-state index contributed by atoms with van der Waals surface area (Å²) in [6.45, 7) is 6.54. The molecule has 1 aromatic carbocycles. The molecule has 0 spiro atoms. The summed E-state index contributed by atoms with van der Waals surface area (Å²) < 4.78 is 0.609. The van der Waals surface area contributed by atoms with Crippen molar-refractivity contribution in [1.29, 1.82) is 0 Å². The number of aryl methyl sites for hydroxylation is 1. The molecule has 2 heterocycles. The fourth-order valence-corrected chi connectivity index (χ4v) is 4.29. The number of amides is 1. The van der Waals surface area contributed by atoms with E-state index in [2.05, 4.69) is 57.0 Å². The van der Waals surface area contributed by atoms with E-state index in [1.165, 1.54) is 39.2 Å². The van der Waals surface area contributed by atoms with Gasteiger partial charge in [0.1, 0.15) is 4.32 Å². The number of thioether (sulfide) groups is 1. The predicted molar refractivity (Wildman–Crippen MR) is 102 cm³/mol. The van der Waals surface area contributed by atoms with Crippen LogP contribution in [0.4, 0.5) is 5.69 Å². The Morgan fingerprint density at radius 3 is 2.48 bits per heavy atom. The Bertz CT molecular complexity index is 777. The lowest BCUT2D eigenvalue weighted by Crippen LogP contribution is -2.23. The Morgan fingerprint density at radius 2 is 1.87 bits per heavy atom.